The summed E-state index contributed by atoms with van der Waals surface area (Å²) in [4.78, 5) is 12.3. The molecule has 0 spiro atoms. The van der Waals surface area contributed by atoms with Crippen LogP contribution in [0, 0.1) is 5.82 Å². The first-order valence-electron chi connectivity index (χ1n) is 8.49. The third kappa shape index (κ3) is 6.46. The maximum absolute atomic E-state index is 13.1. The van der Waals surface area contributed by atoms with Crippen molar-refractivity contribution >= 4 is 5.91 Å². The molecule has 0 aliphatic heterocycles. The lowest BCUT2D eigenvalue weighted by molar-refractivity contribution is -0.121. The summed E-state index contributed by atoms with van der Waals surface area (Å²) in [5.74, 6) is 0.368. The van der Waals surface area contributed by atoms with Crippen molar-refractivity contribution in [2.45, 2.75) is 12.5 Å². The summed E-state index contributed by atoms with van der Waals surface area (Å²) in [5.41, 5.74) is 1.90. The van der Waals surface area contributed by atoms with Crippen LogP contribution >= 0.6 is 0 Å². The van der Waals surface area contributed by atoms with Crippen LogP contribution in [0.2, 0.25) is 0 Å². The first-order chi connectivity index (χ1) is 12.6. The Balaban J connectivity index is 2.06. The number of ether oxygens (including phenoxy) is 2. The molecule has 0 aromatic heterocycles. The van der Waals surface area contributed by atoms with E-state index < -0.39 is 0 Å². The molecule has 6 heteroatoms. The van der Waals surface area contributed by atoms with Gasteiger partial charge in [0.25, 0.3) is 0 Å². The number of amides is 1. The summed E-state index contributed by atoms with van der Waals surface area (Å²) < 4.78 is 23.3. The van der Waals surface area contributed by atoms with E-state index in [-0.39, 0.29) is 24.3 Å². The molecule has 2 rings (SSSR count). The van der Waals surface area contributed by atoms with Gasteiger partial charge in [0.1, 0.15) is 11.6 Å². The second kappa shape index (κ2) is 10.5. The standard InChI is InChI=1S/C20H25FN2O3/c1-25-12-11-22-14-20(24)23-19(13-15-3-7-17(21)8-4-15)16-5-9-18(26-2)10-6-16/h3-10,19,22H,11-14H2,1-2H3,(H,23,24). The van der Waals surface area contributed by atoms with Crippen molar-refractivity contribution in [3.63, 3.8) is 0 Å². The van der Waals surface area contributed by atoms with E-state index in [2.05, 4.69) is 10.6 Å². The zero-order chi connectivity index (χ0) is 18.8. The quantitative estimate of drug-likeness (QED) is 0.639. The number of rotatable bonds is 10. The summed E-state index contributed by atoms with van der Waals surface area (Å²) in [6.07, 6.45) is 0.566. The minimum absolute atomic E-state index is 0.107. The molecular weight excluding hydrogens is 335 g/mol. The van der Waals surface area contributed by atoms with Crippen molar-refractivity contribution in [1.82, 2.24) is 10.6 Å². The van der Waals surface area contributed by atoms with Gasteiger partial charge in [0.2, 0.25) is 5.91 Å². The molecule has 1 atom stereocenters. The van der Waals surface area contributed by atoms with E-state index in [1.807, 2.05) is 24.3 Å². The minimum atomic E-state index is -0.277. The molecule has 0 bridgehead atoms. The van der Waals surface area contributed by atoms with Crippen LogP contribution in [0.4, 0.5) is 4.39 Å². The van der Waals surface area contributed by atoms with Gasteiger partial charge in [-0.1, -0.05) is 24.3 Å². The Bertz CT molecular complexity index is 674. The van der Waals surface area contributed by atoms with Crippen LogP contribution in [-0.4, -0.2) is 39.8 Å². The second-order valence-corrected chi connectivity index (χ2v) is 5.89. The highest BCUT2D eigenvalue weighted by Gasteiger charge is 2.15. The van der Waals surface area contributed by atoms with Gasteiger partial charge in [-0.05, 0) is 41.8 Å². The molecule has 0 radical (unpaired) electrons. The van der Waals surface area contributed by atoms with Crippen molar-refractivity contribution in [3.05, 3.63) is 65.5 Å². The van der Waals surface area contributed by atoms with E-state index in [1.165, 1.54) is 12.1 Å². The molecule has 0 saturated heterocycles. The van der Waals surface area contributed by atoms with Gasteiger partial charge in [-0.15, -0.1) is 0 Å². The zero-order valence-electron chi connectivity index (χ0n) is 15.1. The molecule has 26 heavy (non-hydrogen) atoms. The Morgan fingerprint density at radius 2 is 1.77 bits per heavy atom. The molecule has 2 aromatic rings. The molecule has 1 amide bonds. The van der Waals surface area contributed by atoms with E-state index in [0.29, 0.717) is 19.6 Å². The minimum Gasteiger partial charge on any atom is -0.497 e. The van der Waals surface area contributed by atoms with Crippen LogP contribution in [0.1, 0.15) is 17.2 Å². The molecular formula is C20H25FN2O3. The van der Waals surface area contributed by atoms with Gasteiger partial charge in [0.15, 0.2) is 0 Å². The fourth-order valence-electron chi connectivity index (χ4n) is 2.57. The topological polar surface area (TPSA) is 59.6 Å². The predicted octanol–water partition coefficient (Wildman–Crippen LogP) is 2.47. The first-order valence-corrected chi connectivity index (χ1v) is 8.49. The Morgan fingerprint density at radius 3 is 2.38 bits per heavy atom. The lowest BCUT2D eigenvalue weighted by atomic mass is 9.98. The number of carbonyl (C=O) groups excluding carboxylic acids is 1. The Morgan fingerprint density at radius 1 is 1.08 bits per heavy atom. The van der Waals surface area contributed by atoms with Crippen molar-refractivity contribution in [2.75, 3.05) is 33.9 Å². The number of hydrogen-bond acceptors (Lipinski definition) is 4. The maximum Gasteiger partial charge on any atom is 0.234 e. The second-order valence-electron chi connectivity index (χ2n) is 5.89. The van der Waals surface area contributed by atoms with Crippen LogP contribution in [-0.2, 0) is 16.0 Å². The normalized spacial score (nSPS) is 11.8. The predicted molar refractivity (Wildman–Crippen MR) is 98.7 cm³/mol. The van der Waals surface area contributed by atoms with Crippen molar-refractivity contribution in [3.8, 4) is 5.75 Å². The van der Waals surface area contributed by atoms with Crippen molar-refractivity contribution in [2.24, 2.45) is 0 Å². The molecule has 1 unspecified atom stereocenters. The molecule has 0 saturated carbocycles. The van der Waals surface area contributed by atoms with Gasteiger partial charge in [-0.3, -0.25) is 4.79 Å². The zero-order valence-corrected chi connectivity index (χ0v) is 15.1. The van der Waals surface area contributed by atoms with Gasteiger partial charge >= 0.3 is 0 Å². The Hall–Kier alpha value is -2.44. The van der Waals surface area contributed by atoms with Crippen LogP contribution in [0.25, 0.3) is 0 Å². The van der Waals surface area contributed by atoms with Gasteiger partial charge in [0, 0.05) is 13.7 Å². The van der Waals surface area contributed by atoms with Crippen molar-refractivity contribution in [1.29, 1.82) is 0 Å². The fraction of sp³-hybridized carbons (Fsp3) is 0.350. The monoisotopic (exact) mass is 360 g/mol. The van der Waals surface area contributed by atoms with Gasteiger partial charge in [-0.2, -0.15) is 0 Å². The lowest BCUT2D eigenvalue weighted by Gasteiger charge is -2.20. The van der Waals surface area contributed by atoms with E-state index in [4.69, 9.17) is 9.47 Å². The third-order valence-electron chi connectivity index (χ3n) is 3.97. The summed E-state index contributed by atoms with van der Waals surface area (Å²) in [5, 5.41) is 6.06. The highest BCUT2D eigenvalue weighted by Crippen LogP contribution is 2.21. The van der Waals surface area contributed by atoms with Gasteiger partial charge < -0.3 is 20.1 Å². The number of halogens is 1. The summed E-state index contributed by atoms with van der Waals surface area (Å²) in [6.45, 7) is 1.36. The van der Waals surface area contributed by atoms with E-state index in [0.717, 1.165) is 16.9 Å². The molecule has 0 aliphatic rings. The largest absolute Gasteiger partial charge is 0.497 e. The molecule has 0 aliphatic carbocycles. The first kappa shape index (κ1) is 19.9. The Kier molecular flexibility index (Phi) is 8.05. The molecule has 140 valence electrons. The fourth-order valence-corrected chi connectivity index (χ4v) is 2.57. The van der Waals surface area contributed by atoms with Crippen LogP contribution in [0.15, 0.2) is 48.5 Å². The highest BCUT2D eigenvalue weighted by atomic mass is 19.1. The Labute approximate surface area is 153 Å². The number of hydrogen-bond donors (Lipinski definition) is 2. The lowest BCUT2D eigenvalue weighted by Crippen LogP contribution is -2.38. The SMILES string of the molecule is COCCNCC(=O)NC(Cc1ccc(F)cc1)c1ccc(OC)cc1. The molecule has 5 nitrogen and oxygen atoms in total. The number of benzene rings is 2. The average Bonchev–Trinajstić information content (AvgIpc) is 2.66. The molecule has 0 fully saturated rings. The van der Waals surface area contributed by atoms with Gasteiger partial charge in [-0.25, -0.2) is 4.39 Å². The summed E-state index contributed by atoms with van der Waals surface area (Å²) in [7, 11) is 3.22. The van der Waals surface area contributed by atoms with Crippen LogP contribution in [0.3, 0.4) is 0 Å². The number of methoxy groups -OCH3 is 2. The number of nitrogens with one attached hydrogen (secondary N) is 2. The molecule has 0 heterocycles. The average molecular weight is 360 g/mol. The van der Waals surface area contributed by atoms with Crippen molar-refractivity contribution < 1.29 is 18.7 Å². The van der Waals surface area contributed by atoms with Crippen LogP contribution in [0.5, 0.6) is 5.75 Å². The third-order valence-corrected chi connectivity index (χ3v) is 3.97. The maximum atomic E-state index is 13.1. The highest BCUT2D eigenvalue weighted by molar-refractivity contribution is 5.78. The smallest absolute Gasteiger partial charge is 0.234 e. The van der Waals surface area contributed by atoms with E-state index in [9.17, 15) is 9.18 Å². The molecule has 2 N–H and O–H groups in total. The summed E-state index contributed by atoms with van der Waals surface area (Å²) in [6, 6.07) is 13.7. The van der Waals surface area contributed by atoms with Crippen LogP contribution < -0.4 is 15.4 Å². The van der Waals surface area contributed by atoms with Gasteiger partial charge in [0.05, 0.1) is 26.3 Å². The van der Waals surface area contributed by atoms with E-state index in [1.54, 1.807) is 26.4 Å². The molecule has 2 aromatic carbocycles. The number of carbonyl (C=O) groups is 1. The van der Waals surface area contributed by atoms with E-state index >= 15 is 0 Å². The summed E-state index contributed by atoms with van der Waals surface area (Å²) >= 11 is 0.